The molecule has 2 rings (SSSR count). The molecule has 2 aromatic rings. The number of thiol groups is 1. The van der Waals surface area contributed by atoms with Gasteiger partial charge < -0.3 is 25.4 Å². The van der Waals surface area contributed by atoms with Crippen molar-refractivity contribution in [3.05, 3.63) is 59.7 Å². The molecule has 0 heterocycles. The monoisotopic (exact) mass is 498 g/mol. The van der Waals surface area contributed by atoms with Gasteiger partial charge in [-0.3, -0.25) is 9.59 Å². The maximum absolute atomic E-state index is 13.5. The standard InChI is InChI=1S/C25H30N4O5S/c1-16-7-5-6-8-19(16)27-22(31)21(17-9-11-18(30)12-10-17)29(14-13-26)23(32)20(15-35)28-24(33)34-25(2,3)4/h5-12,20-21,30,35H,14-15H2,1-4H3,(H,27,31)(H,28,33). The van der Waals surface area contributed by atoms with E-state index in [0.717, 1.165) is 10.5 Å². The summed E-state index contributed by atoms with van der Waals surface area (Å²) < 4.78 is 5.23. The van der Waals surface area contributed by atoms with Crippen LogP contribution in [0.15, 0.2) is 48.5 Å². The van der Waals surface area contributed by atoms with E-state index >= 15 is 0 Å². The second-order valence-corrected chi connectivity index (χ2v) is 9.17. The Bertz CT molecular complexity index is 1090. The van der Waals surface area contributed by atoms with Gasteiger partial charge in [0.2, 0.25) is 5.91 Å². The number of benzene rings is 2. The molecule has 186 valence electrons. The van der Waals surface area contributed by atoms with Crippen LogP contribution in [0.25, 0.3) is 0 Å². The third-order valence-electron chi connectivity index (χ3n) is 4.87. The number of nitrogens with zero attached hydrogens (tertiary/aromatic N) is 2. The fourth-order valence-corrected chi connectivity index (χ4v) is 3.50. The number of para-hydroxylation sites is 1. The highest BCUT2D eigenvalue weighted by molar-refractivity contribution is 7.80. The van der Waals surface area contributed by atoms with E-state index in [9.17, 15) is 24.8 Å². The predicted molar refractivity (Wildman–Crippen MR) is 135 cm³/mol. The van der Waals surface area contributed by atoms with Crippen molar-refractivity contribution < 1.29 is 24.2 Å². The Morgan fingerprint density at radius 1 is 1.14 bits per heavy atom. The minimum Gasteiger partial charge on any atom is -0.508 e. The molecule has 10 heteroatoms. The summed E-state index contributed by atoms with van der Waals surface area (Å²) in [4.78, 5) is 40.3. The van der Waals surface area contributed by atoms with Crippen molar-refractivity contribution in [3.63, 3.8) is 0 Å². The number of phenols is 1. The molecule has 0 bridgehead atoms. The van der Waals surface area contributed by atoms with Crippen LogP contribution in [-0.2, 0) is 14.3 Å². The molecule has 0 aliphatic carbocycles. The van der Waals surface area contributed by atoms with Crippen LogP contribution in [0.3, 0.4) is 0 Å². The number of rotatable bonds is 8. The molecule has 9 nitrogen and oxygen atoms in total. The van der Waals surface area contributed by atoms with Crippen LogP contribution in [0, 0.1) is 18.3 Å². The van der Waals surface area contributed by atoms with Gasteiger partial charge in [-0.15, -0.1) is 0 Å². The molecular weight excluding hydrogens is 468 g/mol. The number of nitrogens with one attached hydrogen (secondary N) is 2. The number of ether oxygens (including phenoxy) is 1. The van der Waals surface area contributed by atoms with Crippen molar-refractivity contribution in [1.82, 2.24) is 10.2 Å². The average Bonchev–Trinajstić information content (AvgIpc) is 2.78. The normalized spacial score (nSPS) is 12.6. The number of hydrogen-bond donors (Lipinski definition) is 4. The number of aromatic hydroxyl groups is 1. The highest BCUT2D eigenvalue weighted by Gasteiger charge is 2.36. The van der Waals surface area contributed by atoms with Crippen LogP contribution in [0.2, 0.25) is 0 Å². The molecule has 0 radical (unpaired) electrons. The number of phenolic OH excluding ortho intramolecular Hbond substituents is 1. The number of amides is 3. The van der Waals surface area contributed by atoms with E-state index in [1.54, 1.807) is 32.9 Å². The van der Waals surface area contributed by atoms with Crippen molar-refractivity contribution in [2.75, 3.05) is 17.6 Å². The number of carbonyl (C=O) groups is 3. The summed E-state index contributed by atoms with van der Waals surface area (Å²) in [5, 5.41) is 24.5. The molecule has 3 N–H and O–H groups in total. The lowest BCUT2D eigenvalue weighted by atomic mass is 10.0. The van der Waals surface area contributed by atoms with Crippen LogP contribution in [0.1, 0.15) is 37.9 Å². The van der Waals surface area contributed by atoms with E-state index in [4.69, 9.17) is 4.74 Å². The minimum absolute atomic E-state index is 0.0233. The van der Waals surface area contributed by atoms with Gasteiger partial charge in [0.25, 0.3) is 5.91 Å². The first-order valence-corrected chi connectivity index (χ1v) is 11.5. The van der Waals surface area contributed by atoms with Crippen molar-refractivity contribution in [1.29, 1.82) is 5.26 Å². The van der Waals surface area contributed by atoms with E-state index in [0.29, 0.717) is 11.3 Å². The Hall–Kier alpha value is -3.71. The van der Waals surface area contributed by atoms with Crippen molar-refractivity contribution >= 4 is 36.2 Å². The average molecular weight is 499 g/mol. The summed E-state index contributed by atoms with van der Waals surface area (Å²) in [7, 11) is 0. The second kappa shape index (κ2) is 12.1. The Kier molecular flexibility index (Phi) is 9.54. The van der Waals surface area contributed by atoms with Gasteiger partial charge in [0, 0.05) is 11.4 Å². The zero-order chi connectivity index (χ0) is 26.2. The zero-order valence-corrected chi connectivity index (χ0v) is 21.0. The number of nitriles is 1. The Morgan fingerprint density at radius 3 is 2.31 bits per heavy atom. The molecule has 2 atom stereocenters. The zero-order valence-electron chi connectivity index (χ0n) is 20.1. The lowest BCUT2D eigenvalue weighted by molar-refractivity contribution is -0.139. The van der Waals surface area contributed by atoms with E-state index in [1.165, 1.54) is 24.3 Å². The summed E-state index contributed by atoms with van der Waals surface area (Å²) >= 11 is 4.18. The lowest BCUT2D eigenvalue weighted by Gasteiger charge is -2.32. The molecule has 0 fully saturated rings. The summed E-state index contributed by atoms with van der Waals surface area (Å²) in [6, 6.07) is 12.4. The maximum Gasteiger partial charge on any atom is 0.408 e. The largest absolute Gasteiger partial charge is 0.508 e. The van der Waals surface area contributed by atoms with E-state index in [1.807, 2.05) is 25.1 Å². The SMILES string of the molecule is Cc1ccccc1NC(=O)C(c1ccc(O)cc1)N(CC#N)C(=O)C(CS)NC(=O)OC(C)(C)C. The number of hydrogen-bond acceptors (Lipinski definition) is 7. The van der Waals surface area contributed by atoms with Crippen molar-refractivity contribution in [3.8, 4) is 11.8 Å². The lowest BCUT2D eigenvalue weighted by Crippen LogP contribution is -2.53. The van der Waals surface area contributed by atoms with Gasteiger partial charge in [-0.05, 0) is 57.0 Å². The molecule has 2 unspecified atom stereocenters. The summed E-state index contributed by atoms with van der Waals surface area (Å²) in [6.07, 6.45) is -0.827. The van der Waals surface area contributed by atoms with Crippen LogP contribution in [0.5, 0.6) is 5.75 Å². The Morgan fingerprint density at radius 2 is 1.77 bits per heavy atom. The second-order valence-electron chi connectivity index (χ2n) is 8.80. The summed E-state index contributed by atoms with van der Waals surface area (Å²) in [5.41, 5.74) is 0.932. The van der Waals surface area contributed by atoms with Gasteiger partial charge in [0.15, 0.2) is 0 Å². The highest BCUT2D eigenvalue weighted by Crippen LogP contribution is 2.26. The molecule has 0 spiro atoms. The minimum atomic E-state index is -1.23. The molecular formula is C25H30N4O5S. The third-order valence-corrected chi connectivity index (χ3v) is 5.23. The molecule has 3 amide bonds. The smallest absolute Gasteiger partial charge is 0.408 e. The Balaban J connectivity index is 2.44. The molecule has 0 aromatic heterocycles. The number of anilines is 1. The molecule has 0 aliphatic heterocycles. The van der Waals surface area contributed by atoms with Crippen molar-refractivity contribution in [2.24, 2.45) is 0 Å². The molecule has 2 aromatic carbocycles. The molecule has 0 aliphatic rings. The summed E-state index contributed by atoms with van der Waals surface area (Å²) in [5.74, 6) is -1.37. The molecule has 0 saturated carbocycles. The number of aryl methyl sites for hydroxylation is 1. The van der Waals surface area contributed by atoms with Crippen LogP contribution >= 0.6 is 12.6 Å². The van der Waals surface area contributed by atoms with E-state index < -0.39 is 42.1 Å². The van der Waals surface area contributed by atoms with Gasteiger partial charge in [0.05, 0.1) is 6.07 Å². The van der Waals surface area contributed by atoms with Gasteiger partial charge >= 0.3 is 6.09 Å². The van der Waals surface area contributed by atoms with Crippen LogP contribution < -0.4 is 10.6 Å². The first-order chi connectivity index (χ1) is 16.5. The first kappa shape index (κ1) is 27.5. The van der Waals surface area contributed by atoms with E-state index in [2.05, 4.69) is 23.3 Å². The highest BCUT2D eigenvalue weighted by atomic mass is 32.1. The number of alkyl carbamates (subject to hydrolysis) is 1. The van der Waals surface area contributed by atoms with Gasteiger partial charge in [-0.25, -0.2) is 4.79 Å². The Labute approximate surface area is 210 Å². The summed E-state index contributed by atoms with van der Waals surface area (Å²) in [6.45, 7) is 6.44. The fourth-order valence-electron chi connectivity index (χ4n) is 3.25. The third kappa shape index (κ3) is 7.93. The van der Waals surface area contributed by atoms with Crippen molar-refractivity contribution in [2.45, 2.75) is 45.4 Å². The quantitative estimate of drug-likeness (QED) is 0.325. The number of carbonyl (C=O) groups excluding carboxylic acids is 3. The maximum atomic E-state index is 13.5. The van der Waals surface area contributed by atoms with Crippen LogP contribution in [-0.4, -0.2) is 51.9 Å². The van der Waals surface area contributed by atoms with Gasteiger partial charge in [-0.2, -0.15) is 17.9 Å². The van der Waals surface area contributed by atoms with Crippen LogP contribution in [0.4, 0.5) is 10.5 Å². The molecule has 0 saturated heterocycles. The first-order valence-electron chi connectivity index (χ1n) is 10.9. The predicted octanol–water partition coefficient (Wildman–Crippen LogP) is 3.56. The van der Waals surface area contributed by atoms with Gasteiger partial charge in [-0.1, -0.05) is 30.3 Å². The van der Waals surface area contributed by atoms with E-state index in [-0.39, 0.29) is 11.5 Å². The topological polar surface area (TPSA) is 132 Å². The fraction of sp³-hybridized carbons (Fsp3) is 0.360. The molecule has 35 heavy (non-hydrogen) atoms. The van der Waals surface area contributed by atoms with Gasteiger partial charge in [0.1, 0.15) is 30.0 Å².